The first-order chi connectivity index (χ1) is 15.3. The van der Waals surface area contributed by atoms with E-state index in [9.17, 15) is 0 Å². The summed E-state index contributed by atoms with van der Waals surface area (Å²) in [5, 5.41) is 3.78. The molecule has 2 heteroatoms. The number of aromatic nitrogens is 1. The van der Waals surface area contributed by atoms with Crippen LogP contribution in [-0.4, -0.2) is 12.5 Å². The summed E-state index contributed by atoms with van der Waals surface area (Å²) in [6.07, 6.45) is 8.65. The Labute approximate surface area is 194 Å². The molecular weight excluding hydrogens is 402 g/mol. The number of hydrogen-bond donors (Lipinski definition) is 0. The fourth-order valence-electron chi connectivity index (χ4n) is 6.34. The first kappa shape index (κ1) is 22.4. The van der Waals surface area contributed by atoms with Gasteiger partial charge in [0.1, 0.15) is 0 Å². The molecule has 0 saturated carbocycles. The Kier molecular flexibility index (Phi) is 6.06. The third-order valence-corrected chi connectivity index (χ3v) is 14.3. The van der Waals surface area contributed by atoms with Crippen LogP contribution in [0.4, 0.5) is 0 Å². The van der Waals surface area contributed by atoms with Crippen molar-refractivity contribution in [1.82, 2.24) is 4.23 Å². The second kappa shape index (κ2) is 8.64. The average Bonchev–Trinajstić information content (AvgIpc) is 3.13. The maximum atomic E-state index is 6.22. The van der Waals surface area contributed by atoms with Crippen LogP contribution in [0.2, 0.25) is 16.6 Å². The number of terminal acetylenes is 1. The first-order valence-corrected chi connectivity index (χ1v) is 14.1. The lowest BCUT2D eigenvalue weighted by Gasteiger charge is -2.44. The number of nitrogens with zero attached hydrogens (tertiary/aromatic N) is 1. The Bertz CT molecular complexity index is 1260. The molecule has 1 heterocycles. The van der Waals surface area contributed by atoms with E-state index in [0.29, 0.717) is 16.6 Å². The van der Waals surface area contributed by atoms with Crippen LogP contribution in [0.1, 0.15) is 58.6 Å². The molecule has 4 rings (SSSR count). The van der Waals surface area contributed by atoms with Crippen molar-refractivity contribution in [3.8, 4) is 12.3 Å². The molecule has 0 bridgehead atoms. The number of hydrogen-bond acceptors (Lipinski definition) is 0. The molecular formula is C30H35NSi. The second-order valence-corrected chi connectivity index (χ2v) is 15.7. The summed E-state index contributed by atoms with van der Waals surface area (Å²) in [6.45, 7) is 14.5. The van der Waals surface area contributed by atoms with E-state index >= 15 is 0 Å². The lowest BCUT2D eigenvalue weighted by Crippen LogP contribution is -2.51. The minimum Gasteiger partial charge on any atom is -0.373 e. The van der Waals surface area contributed by atoms with Crippen LogP contribution in [0.5, 0.6) is 0 Å². The van der Waals surface area contributed by atoms with Crippen molar-refractivity contribution in [2.75, 3.05) is 0 Å². The number of benzene rings is 3. The van der Waals surface area contributed by atoms with E-state index in [1.807, 2.05) is 0 Å². The lowest BCUT2D eigenvalue weighted by atomic mass is 9.90. The Balaban J connectivity index is 1.98. The van der Waals surface area contributed by atoms with Crippen molar-refractivity contribution in [3.05, 3.63) is 84.1 Å². The molecule has 0 amide bonds. The third kappa shape index (κ3) is 3.40. The van der Waals surface area contributed by atoms with Gasteiger partial charge in [0.25, 0.3) is 0 Å². The molecule has 0 unspecified atom stereocenters. The Hall–Kier alpha value is -2.76. The van der Waals surface area contributed by atoms with Crippen LogP contribution in [0, 0.1) is 12.3 Å². The zero-order valence-electron chi connectivity index (χ0n) is 20.3. The van der Waals surface area contributed by atoms with Gasteiger partial charge in [-0.25, -0.2) is 0 Å². The highest BCUT2D eigenvalue weighted by Gasteiger charge is 2.46. The van der Waals surface area contributed by atoms with Gasteiger partial charge in [0.2, 0.25) is 0 Å². The molecule has 0 saturated heterocycles. The summed E-state index contributed by atoms with van der Waals surface area (Å²) in [4.78, 5) is 0. The standard InChI is InChI=1S/C30H35NSi/c1-8-27(26-18-17-24-13-9-10-14-25(24)19-26)29-20-31(30-16-12-11-15-28(29)30)32(21(2)3,22(4)5)23(6)7/h1,9-23,27H,2-7H3/t27-/m1/s1. The molecule has 0 N–H and O–H groups in total. The Morgan fingerprint density at radius 1 is 0.750 bits per heavy atom. The van der Waals surface area contributed by atoms with Gasteiger partial charge in [0, 0.05) is 17.1 Å². The van der Waals surface area contributed by atoms with Crippen molar-refractivity contribution in [2.24, 2.45) is 0 Å². The van der Waals surface area contributed by atoms with Crippen LogP contribution in [0.3, 0.4) is 0 Å². The molecule has 1 aromatic heterocycles. The van der Waals surface area contributed by atoms with Gasteiger partial charge >= 0.3 is 0 Å². The van der Waals surface area contributed by atoms with Gasteiger partial charge in [-0.2, -0.15) is 0 Å². The normalized spacial score (nSPS) is 13.4. The molecule has 0 radical (unpaired) electrons. The Morgan fingerprint density at radius 2 is 1.34 bits per heavy atom. The average molecular weight is 438 g/mol. The second-order valence-electron chi connectivity index (χ2n) is 10.0. The van der Waals surface area contributed by atoms with Gasteiger partial charge in [-0.15, -0.1) is 6.42 Å². The van der Waals surface area contributed by atoms with Crippen molar-refractivity contribution in [2.45, 2.75) is 64.1 Å². The summed E-state index contributed by atoms with van der Waals surface area (Å²) >= 11 is 0. The monoisotopic (exact) mass is 437 g/mol. The number of rotatable bonds is 6. The molecule has 0 fully saturated rings. The largest absolute Gasteiger partial charge is 0.373 e. The van der Waals surface area contributed by atoms with E-state index in [-0.39, 0.29) is 5.92 Å². The van der Waals surface area contributed by atoms with Crippen LogP contribution < -0.4 is 0 Å². The maximum absolute atomic E-state index is 6.22. The zero-order chi connectivity index (χ0) is 23.0. The summed E-state index contributed by atoms with van der Waals surface area (Å²) in [5.41, 5.74) is 5.66. The Morgan fingerprint density at radius 3 is 1.97 bits per heavy atom. The molecule has 1 nitrogen and oxygen atoms in total. The fraction of sp³-hybridized carbons (Fsp3) is 0.333. The molecule has 0 spiro atoms. The molecule has 0 aliphatic heterocycles. The van der Waals surface area contributed by atoms with Gasteiger partial charge in [-0.1, -0.05) is 102 Å². The quantitative estimate of drug-likeness (QED) is 0.210. The molecule has 0 aliphatic rings. The minimum absolute atomic E-state index is 0.0658. The van der Waals surface area contributed by atoms with Gasteiger partial charge in [0.05, 0.1) is 5.92 Å². The van der Waals surface area contributed by atoms with E-state index in [0.717, 1.165) is 0 Å². The lowest BCUT2D eigenvalue weighted by molar-refractivity contribution is 0.771. The summed E-state index contributed by atoms with van der Waals surface area (Å²) < 4.78 is 2.70. The summed E-state index contributed by atoms with van der Waals surface area (Å²) in [7, 11) is -1.90. The number of para-hydroxylation sites is 1. The third-order valence-electron chi connectivity index (χ3n) is 7.52. The van der Waals surface area contributed by atoms with E-state index in [4.69, 9.17) is 6.42 Å². The fourth-order valence-corrected chi connectivity index (χ4v) is 13.0. The highest BCUT2D eigenvalue weighted by atomic mass is 28.3. The molecule has 4 aromatic rings. The van der Waals surface area contributed by atoms with Gasteiger partial charge < -0.3 is 4.23 Å². The smallest absolute Gasteiger partial charge is 0.169 e. The molecule has 0 aliphatic carbocycles. The maximum Gasteiger partial charge on any atom is 0.169 e. The predicted molar refractivity (Wildman–Crippen MR) is 143 cm³/mol. The zero-order valence-corrected chi connectivity index (χ0v) is 21.3. The molecule has 1 atom stereocenters. The van der Waals surface area contributed by atoms with Gasteiger partial charge in [-0.3, -0.25) is 0 Å². The van der Waals surface area contributed by atoms with Gasteiger partial charge in [0.15, 0.2) is 8.24 Å². The van der Waals surface area contributed by atoms with E-state index in [2.05, 4.69) is 125 Å². The topological polar surface area (TPSA) is 4.93 Å². The summed E-state index contributed by atoms with van der Waals surface area (Å²) in [5.74, 6) is 3.08. The van der Waals surface area contributed by atoms with Crippen molar-refractivity contribution >= 4 is 29.9 Å². The molecule has 164 valence electrons. The highest BCUT2D eigenvalue weighted by molar-refractivity contribution is 6.82. The van der Waals surface area contributed by atoms with Crippen molar-refractivity contribution in [3.63, 3.8) is 0 Å². The predicted octanol–water partition coefficient (Wildman–Crippen LogP) is 8.58. The SMILES string of the molecule is C#C[C@H](c1ccc2ccccc2c1)c1cn([Si](C(C)C)(C(C)C)C(C)C)c2ccccc12. The van der Waals surface area contributed by atoms with Crippen LogP contribution in [0.25, 0.3) is 21.7 Å². The van der Waals surface area contributed by atoms with Crippen molar-refractivity contribution < 1.29 is 0 Å². The van der Waals surface area contributed by atoms with E-state index in [1.54, 1.807) is 0 Å². The minimum atomic E-state index is -1.90. The van der Waals surface area contributed by atoms with Crippen LogP contribution >= 0.6 is 0 Å². The number of fused-ring (bicyclic) bond motifs is 2. The highest BCUT2D eigenvalue weighted by Crippen LogP contribution is 2.46. The van der Waals surface area contributed by atoms with Crippen LogP contribution in [0.15, 0.2) is 72.9 Å². The molecule has 3 aromatic carbocycles. The van der Waals surface area contributed by atoms with Gasteiger partial charge in [-0.05, 0) is 50.7 Å². The van der Waals surface area contributed by atoms with Crippen molar-refractivity contribution in [1.29, 1.82) is 0 Å². The van der Waals surface area contributed by atoms with Crippen LogP contribution in [-0.2, 0) is 0 Å². The first-order valence-electron chi connectivity index (χ1n) is 11.9. The van der Waals surface area contributed by atoms with E-state index in [1.165, 1.54) is 32.8 Å². The summed E-state index contributed by atoms with van der Waals surface area (Å²) in [6, 6.07) is 24.0. The molecule has 32 heavy (non-hydrogen) atoms. The van der Waals surface area contributed by atoms with E-state index < -0.39 is 8.24 Å².